The van der Waals surface area contributed by atoms with Crippen LogP contribution in [0.2, 0.25) is 0 Å². The minimum absolute atomic E-state index is 0.0948. The Kier molecular flexibility index (Phi) is 3.44. The first-order valence-electron chi connectivity index (χ1n) is 8.70. The van der Waals surface area contributed by atoms with Gasteiger partial charge in [0.25, 0.3) is 0 Å². The molecule has 0 aromatic rings. The Hall–Kier alpha value is -0.560. The van der Waals surface area contributed by atoms with Crippen LogP contribution in [0, 0.1) is 22.7 Å². The van der Waals surface area contributed by atoms with Gasteiger partial charge in [0.1, 0.15) is 0 Å². The molecular weight excluding hydrogens is 256 g/mol. The first-order chi connectivity index (χ1) is 9.76. The second kappa shape index (κ2) is 4.72. The molecule has 0 aromatic carbocycles. The average Bonchev–Trinajstić information content (AvgIpc) is 3.18. The van der Waals surface area contributed by atoms with E-state index in [1.54, 1.807) is 0 Å². The Morgan fingerprint density at radius 1 is 1.24 bits per heavy atom. The van der Waals surface area contributed by atoms with E-state index >= 15 is 0 Å². The van der Waals surface area contributed by atoms with Gasteiger partial charge in [0.2, 0.25) is 0 Å². The molecule has 0 spiro atoms. The van der Waals surface area contributed by atoms with Crippen LogP contribution in [0.1, 0.15) is 66.7 Å². The summed E-state index contributed by atoms with van der Waals surface area (Å²) in [5.74, 6) is 1.71. The van der Waals surface area contributed by atoms with Gasteiger partial charge in [-0.2, -0.15) is 0 Å². The molecule has 0 radical (unpaired) electrons. The molecule has 118 valence electrons. The van der Waals surface area contributed by atoms with Gasteiger partial charge in [0, 0.05) is 0 Å². The lowest BCUT2D eigenvalue weighted by Gasteiger charge is -2.53. The number of hydrogen-bond donors (Lipinski definition) is 0. The van der Waals surface area contributed by atoms with Crippen LogP contribution >= 0.6 is 0 Å². The summed E-state index contributed by atoms with van der Waals surface area (Å²) in [6.45, 7) is 15.7. The normalized spacial score (nSPS) is 51.0. The number of fused-ring (bicyclic) bond motifs is 3. The van der Waals surface area contributed by atoms with Gasteiger partial charge in [-0.15, -0.1) is 6.58 Å². The summed E-state index contributed by atoms with van der Waals surface area (Å²) in [6, 6.07) is 0. The smallest absolute Gasteiger partial charge is 0.0836 e. The summed E-state index contributed by atoms with van der Waals surface area (Å²) in [6.07, 6.45) is 11.2. The van der Waals surface area contributed by atoms with E-state index in [0.717, 1.165) is 18.3 Å². The third kappa shape index (κ3) is 2.15. The first kappa shape index (κ1) is 15.3. The van der Waals surface area contributed by atoms with E-state index in [1.165, 1.54) is 31.3 Å². The Morgan fingerprint density at radius 3 is 2.57 bits per heavy atom. The van der Waals surface area contributed by atoms with E-state index in [-0.39, 0.29) is 5.60 Å². The number of hydrogen-bond acceptors (Lipinski definition) is 1. The molecule has 0 bridgehead atoms. The SMILES string of the molecule is C=CC1(C)CCC2(C)C(O1)C1CC1C2(C)CCC=C(C)C. The molecule has 3 fully saturated rings. The fourth-order valence-electron chi connectivity index (χ4n) is 5.29. The fraction of sp³-hybridized carbons (Fsp3) is 0.800. The molecule has 1 heteroatoms. The molecule has 1 nitrogen and oxygen atoms in total. The van der Waals surface area contributed by atoms with Gasteiger partial charge in [-0.1, -0.05) is 31.6 Å². The second-order valence-corrected chi connectivity index (χ2v) is 8.72. The molecular formula is C20H32O. The van der Waals surface area contributed by atoms with E-state index < -0.39 is 0 Å². The maximum absolute atomic E-state index is 6.59. The molecule has 0 N–H and O–H groups in total. The molecule has 3 aliphatic rings. The molecule has 21 heavy (non-hydrogen) atoms. The summed E-state index contributed by atoms with van der Waals surface area (Å²) in [5, 5.41) is 0. The van der Waals surface area contributed by atoms with Crippen molar-refractivity contribution < 1.29 is 4.74 Å². The summed E-state index contributed by atoms with van der Waals surface area (Å²) in [5.41, 5.74) is 2.17. The zero-order chi connectivity index (χ0) is 15.5. The third-order valence-electron chi connectivity index (χ3n) is 7.16. The van der Waals surface area contributed by atoms with Crippen molar-refractivity contribution >= 4 is 0 Å². The standard InChI is InChI=1S/C20H32O/c1-7-18(4)11-12-20(6)17(21-18)15-13-16(15)19(20,5)10-8-9-14(2)3/h7,9,15-17H,1,8,10-13H2,2-6H3. The Labute approximate surface area is 130 Å². The lowest BCUT2D eigenvalue weighted by molar-refractivity contribution is -0.179. The predicted octanol–water partition coefficient (Wildman–Crippen LogP) is 5.52. The van der Waals surface area contributed by atoms with Crippen LogP contribution < -0.4 is 0 Å². The molecule has 1 aliphatic heterocycles. The van der Waals surface area contributed by atoms with Gasteiger partial charge < -0.3 is 4.74 Å². The van der Waals surface area contributed by atoms with Gasteiger partial charge in [-0.25, -0.2) is 0 Å². The second-order valence-electron chi connectivity index (χ2n) is 8.72. The minimum Gasteiger partial charge on any atom is -0.367 e. The van der Waals surface area contributed by atoms with Crippen LogP contribution in [0.4, 0.5) is 0 Å². The van der Waals surface area contributed by atoms with E-state index in [4.69, 9.17) is 4.74 Å². The highest BCUT2D eigenvalue weighted by Gasteiger charge is 2.72. The summed E-state index contributed by atoms with van der Waals surface area (Å²) in [4.78, 5) is 0. The average molecular weight is 288 g/mol. The fourth-order valence-corrected chi connectivity index (χ4v) is 5.29. The number of ether oxygens (including phenoxy) is 1. The van der Waals surface area contributed by atoms with Crippen LogP contribution in [0.15, 0.2) is 24.3 Å². The van der Waals surface area contributed by atoms with Gasteiger partial charge in [-0.3, -0.25) is 0 Å². The van der Waals surface area contributed by atoms with Crippen molar-refractivity contribution in [3.8, 4) is 0 Å². The van der Waals surface area contributed by atoms with Crippen molar-refractivity contribution in [2.24, 2.45) is 22.7 Å². The van der Waals surface area contributed by atoms with Gasteiger partial charge in [-0.05, 0) is 75.5 Å². The molecule has 6 atom stereocenters. The molecule has 1 heterocycles. The maximum atomic E-state index is 6.59. The lowest BCUT2D eigenvalue weighted by Crippen LogP contribution is -2.52. The van der Waals surface area contributed by atoms with E-state index in [0.29, 0.717) is 16.9 Å². The van der Waals surface area contributed by atoms with Crippen LogP contribution in [0.25, 0.3) is 0 Å². The molecule has 0 aromatic heterocycles. The van der Waals surface area contributed by atoms with Gasteiger partial charge >= 0.3 is 0 Å². The largest absolute Gasteiger partial charge is 0.367 e. The lowest BCUT2D eigenvalue weighted by atomic mass is 9.58. The van der Waals surface area contributed by atoms with Crippen molar-refractivity contribution in [2.75, 3.05) is 0 Å². The Morgan fingerprint density at radius 2 is 1.95 bits per heavy atom. The third-order valence-corrected chi connectivity index (χ3v) is 7.16. The monoisotopic (exact) mass is 288 g/mol. The van der Waals surface area contributed by atoms with E-state index in [9.17, 15) is 0 Å². The quantitative estimate of drug-likeness (QED) is 0.619. The van der Waals surface area contributed by atoms with Gasteiger partial charge in [0.15, 0.2) is 0 Å². The molecule has 2 aliphatic carbocycles. The van der Waals surface area contributed by atoms with Crippen molar-refractivity contribution in [3.05, 3.63) is 24.3 Å². The highest BCUT2D eigenvalue weighted by Crippen LogP contribution is 2.75. The minimum atomic E-state index is -0.0948. The summed E-state index contributed by atoms with van der Waals surface area (Å²) < 4.78 is 6.59. The molecule has 0 amide bonds. The Bertz CT molecular complexity index is 474. The molecule has 2 saturated carbocycles. The first-order valence-corrected chi connectivity index (χ1v) is 8.70. The Balaban J connectivity index is 1.82. The highest BCUT2D eigenvalue weighted by molar-refractivity contribution is 5.22. The van der Waals surface area contributed by atoms with Crippen LogP contribution in [0.3, 0.4) is 0 Å². The number of allylic oxidation sites excluding steroid dienone is 2. The predicted molar refractivity (Wildman–Crippen MR) is 89.2 cm³/mol. The van der Waals surface area contributed by atoms with Crippen molar-refractivity contribution in [3.63, 3.8) is 0 Å². The molecule has 6 unspecified atom stereocenters. The number of rotatable bonds is 4. The summed E-state index contributed by atoms with van der Waals surface area (Å²) in [7, 11) is 0. The van der Waals surface area contributed by atoms with Crippen LogP contribution in [-0.4, -0.2) is 11.7 Å². The maximum Gasteiger partial charge on any atom is 0.0836 e. The molecule has 3 rings (SSSR count). The van der Waals surface area contributed by atoms with E-state index in [2.05, 4.69) is 47.3 Å². The van der Waals surface area contributed by atoms with E-state index in [1.807, 2.05) is 6.08 Å². The topological polar surface area (TPSA) is 9.23 Å². The van der Waals surface area contributed by atoms with Gasteiger partial charge in [0.05, 0.1) is 11.7 Å². The highest BCUT2D eigenvalue weighted by atomic mass is 16.5. The van der Waals surface area contributed by atoms with Crippen molar-refractivity contribution in [1.82, 2.24) is 0 Å². The van der Waals surface area contributed by atoms with Crippen LogP contribution in [0.5, 0.6) is 0 Å². The van der Waals surface area contributed by atoms with Crippen molar-refractivity contribution in [2.45, 2.75) is 78.4 Å². The molecule has 1 saturated heterocycles. The zero-order valence-corrected chi connectivity index (χ0v) is 14.5. The van der Waals surface area contributed by atoms with Crippen molar-refractivity contribution in [1.29, 1.82) is 0 Å². The summed E-state index contributed by atoms with van der Waals surface area (Å²) >= 11 is 0. The zero-order valence-electron chi connectivity index (χ0n) is 14.5. The van der Waals surface area contributed by atoms with Crippen LogP contribution in [-0.2, 0) is 4.74 Å².